The van der Waals surface area contributed by atoms with Gasteiger partial charge in [0.2, 0.25) is 5.95 Å². The van der Waals surface area contributed by atoms with Crippen LogP contribution in [0.25, 0.3) is 5.70 Å². The predicted octanol–water partition coefficient (Wildman–Crippen LogP) is 4.43. The first-order valence-corrected chi connectivity index (χ1v) is 10.1. The van der Waals surface area contributed by atoms with Crippen LogP contribution in [0.4, 0.5) is 16.0 Å². The van der Waals surface area contributed by atoms with Gasteiger partial charge in [0.15, 0.2) is 0 Å². The van der Waals surface area contributed by atoms with Crippen LogP contribution in [0.1, 0.15) is 33.1 Å². The molecule has 1 amide bonds. The van der Waals surface area contributed by atoms with Gasteiger partial charge < -0.3 is 10.6 Å². The van der Waals surface area contributed by atoms with Crippen LogP contribution in [0.15, 0.2) is 78.9 Å². The van der Waals surface area contributed by atoms with Gasteiger partial charge in [-0.25, -0.2) is 4.39 Å². The fourth-order valence-electron chi connectivity index (χ4n) is 3.60. The van der Waals surface area contributed by atoms with Crippen molar-refractivity contribution in [1.82, 2.24) is 20.2 Å². The molecule has 7 nitrogen and oxygen atoms in total. The second-order valence-electron chi connectivity index (χ2n) is 7.55. The molecule has 2 N–H and O–H groups in total. The van der Waals surface area contributed by atoms with Crippen LogP contribution in [-0.2, 0) is 0 Å². The van der Waals surface area contributed by atoms with Crippen molar-refractivity contribution >= 4 is 23.2 Å². The summed E-state index contributed by atoms with van der Waals surface area (Å²) < 4.78 is 15.0. The Hall–Kier alpha value is -4.33. The minimum atomic E-state index is -0.308. The third kappa shape index (κ3) is 3.85. The summed E-state index contributed by atoms with van der Waals surface area (Å²) >= 11 is 0. The number of carbonyl (C=O) groups excluding carboxylic acids is 1. The highest BCUT2D eigenvalue weighted by molar-refractivity contribution is 6.04. The zero-order chi connectivity index (χ0) is 22.1. The standard InChI is InChI=1S/C24H19FN6O/c1-15-5-7-17(8-6-15)23(32)26-20-4-2-3-18(13-20)22-14-21(16-9-11-19(25)12-10-16)27-24-28-29-30-31(22)24/h2-14,22H,1H3,(H,26,32)(H,27,28,30)/t22-/m1/s1. The third-order valence-corrected chi connectivity index (χ3v) is 5.28. The Morgan fingerprint density at radius 2 is 1.84 bits per heavy atom. The number of aromatic nitrogens is 4. The van der Waals surface area contributed by atoms with Gasteiger partial charge in [0, 0.05) is 16.9 Å². The van der Waals surface area contributed by atoms with Gasteiger partial charge in [-0.15, -0.1) is 0 Å². The molecule has 0 fully saturated rings. The van der Waals surface area contributed by atoms with E-state index in [0.717, 1.165) is 22.4 Å². The van der Waals surface area contributed by atoms with Crippen LogP contribution in [0, 0.1) is 12.7 Å². The number of tetrazole rings is 1. The Balaban J connectivity index is 1.46. The number of anilines is 2. The molecule has 3 aromatic carbocycles. The molecule has 1 aromatic heterocycles. The van der Waals surface area contributed by atoms with E-state index >= 15 is 0 Å². The van der Waals surface area contributed by atoms with E-state index in [1.54, 1.807) is 28.9 Å². The van der Waals surface area contributed by atoms with E-state index in [1.165, 1.54) is 12.1 Å². The minimum Gasteiger partial charge on any atom is -0.323 e. The molecule has 8 heteroatoms. The summed E-state index contributed by atoms with van der Waals surface area (Å²) in [6.07, 6.45) is 1.97. The van der Waals surface area contributed by atoms with Gasteiger partial charge in [0.25, 0.3) is 5.91 Å². The summed E-state index contributed by atoms with van der Waals surface area (Å²) in [4.78, 5) is 12.6. The fraction of sp³-hybridized carbons (Fsp3) is 0.0833. The van der Waals surface area contributed by atoms with Crippen molar-refractivity contribution in [2.75, 3.05) is 10.6 Å². The van der Waals surface area contributed by atoms with Crippen molar-refractivity contribution < 1.29 is 9.18 Å². The lowest BCUT2D eigenvalue weighted by atomic mass is 10.0. The number of allylic oxidation sites excluding steroid dienone is 1. The normalized spacial score (nSPS) is 14.8. The molecule has 1 aliphatic rings. The Morgan fingerprint density at radius 3 is 2.62 bits per heavy atom. The number of rotatable bonds is 4. The summed E-state index contributed by atoms with van der Waals surface area (Å²) in [5.74, 6) is -0.00685. The maximum absolute atomic E-state index is 13.4. The Morgan fingerprint density at radius 1 is 1.06 bits per heavy atom. The number of hydrogen-bond acceptors (Lipinski definition) is 5. The summed E-state index contributed by atoms with van der Waals surface area (Å²) in [5.41, 5.74) is 4.82. The molecular formula is C24H19FN6O. The van der Waals surface area contributed by atoms with Gasteiger partial charge in [-0.2, -0.15) is 4.68 Å². The number of aryl methyl sites for hydroxylation is 1. The zero-order valence-corrected chi connectivity index (χ0v) is 17.2. The fourth-order valence-corrected chi connectivity index (χ4v) is 3.60. The topological polar surface area (TPSA) is 84.7 Å². The molecule has 0 spiro atoms. The lowest BCUT2D eigenvalue weighted by molar-refractivity contribution is 0.102. The molecule has 158 valence electrons. The number of halogens is 1. The number of nitrogens with zero attached hydrogens (tertiary/aromatic N) is 4. The average Bonchev–Trinajstić information content (AvgIpc) is 3.28. The van der Waals surface area contributed by atoms with Gasteiger partial charge in [-0.3, -0.25) is 4.79 Å². The van der Waals surface area contributed by atoms with E-state index in [-0.39, 0.29) is 17.8 Å². The third-order valence-electron chi connectivity index (χ3n) is 5.28. The van der Waals surface area contributed by atoms with Crippen molar-refractivity contribution in [1.29, 1.82) is 0 Å². The predicted molar refractivity (Wildman–Crippen MR) is 120 cm³/mol. The van der Waals surface area contributed by atoms with E-state index < -0.39 is 0 Å². The summed E-state index contributed by atoms with van der Waals surface area (Å²) in [6.45, 7) is 1.98. The average molecular weight is 426 g/mol. The quantitative estimate of drug-likeness (QED) is 0.504. The SMILES string of the molecule is Cc1ccc(C(=O)Nc2cccc([C@H]3C=C(c4ccc(F)cc4)Nc4nnnn43)c2)cc1. The van der Waals surface area contributed by atoms with E-state index in [2.05, 4.69) is 26.2 Å². The summed E-state index contributed by atoms with van der Waals surface area (Å²) in [7, 11) is 0. The van der Waals surface area contributed by atoms with Crippen LogP contribution in [0.2, 0.25) is 0 Å². The number of benzene rings is 3. The van der Waals surface area contributed by atoms with Crippen molar-refractivity contribution in [3.63, 3.8) is 0 Å². The van der Waals surface area contributed by atoms with Crippen molar-refractivity contribution in [2.24, 2.45) is 0 Å². The number of carbonyl (C=O) groups is 1. The molecule has 1 atom stereocenters. The van der Waals surface area contributed by atoms with Gasteiger partial charge >= 0.3 is 0 Å². The van der Waals surface area contributed by atoms with Crippen molar-refractivity contribution in [3.05, 3.63) is 107 Å². The maximum Gasteiger partial charge on any atom is 0.255 e. The van der Waals surface area contributed by atoms with Crippen molar-refractivity contribution in [3.8, 4) is 0 Å². The molecule has 0 bridgehead atoms. The molecular weight excluding hydrogens is 407 g/mol. The molecule has 2 heterocycles. The van der Waals surface area contributed by atoms with Crippen LogP contribution >= 0.6 is 0 Å². The van der Waals surface area contributed by atoms with Gasteiger partial charge in [0.05, 0.1) is 0 Å². The first kappa shape index (κ1) is 19.6. The van der Waals surface area contributed by atoms with Crippen LogP contribution in [-0.4, -0.2) is 26.1 Å². The minimum absolute atomic E-state index is 0.182. The molecule has 0 unspecified atom stereocenters. The highest BCUT2D eigenvalue weighted by atomic mass is 19.1. The molecule has 0 saturated heterocycles. The van der Waals surface area contributed by atoms with Crippen molar-refractivity contribution in [2.45, 2.75) is 13.0 Å². The van der Waals surface area contributed by atoms with E-state index in [0.29, 0.717) is 17.2 Å². The molecule has 1 aliphatic heterocycles. The van der Waals surface area contributed by atoms with Crippen LogP contribution in [0.5, 0.6) is 0 Å². The zero-order valence-electron chi connectivity index (χ0n) is 17.2. The van der Waals surface area contributed by atoms with Gasteiger partial charge in [0.1, 0.15) is 11.9 Å². The van der Waals surface area contributed by atoms with E-state index in [1.807, 2.05) is 49.4 Å². The molecule has 0 radical (unpaired) electrons. The number of hydrogen-bond donors (Lipinski definition) is 2. The van der Waals surface area contributed by atoms with Gasteiger partial charge in [-0.1, -0.05) is 34.9 Å². The molecule has 5 rings (SSSR count). The monoisotopic (exact) mass is 426 g/mol. The maximum atomic E-state index is 13.4. The highest BCUT2D eigenvalue weighted by Crippen LogP contribution is 2.32. The lowest BCUT2D eigenvalue weighted by Gasteiger charge is -2.24. The molecule has 4 aromatic rings. The second kappa shape index (κ2) is 8.07. The Kier molecular flexibility index (Phi) is 4.95. The van der Waals surface area contributed by atoms with E-state index in [9.17, 15) is 9.18 Å². The highest BCUT2D eigenvalue weighted by Gasteiger charge is 2.24. The Bertz CT molecular complexity index is 1310. The first-order chi connectivity index (χ1) is 15.6. The number of fused-ring (bicyclic) bond motifs is 1. The van der Waals surface area contributed by atoms with Gasteiger partial charge in [-0.05, 0) is 83.1 Å². The lowest BCUT2D eigenvalue weighted by Crippen LogP contribution is -2.20. The number of nitrogens with one attached hydrogen (secondary N) is 2. The second-order valence-corrected chi connectivity index (χ2v) is 7.55. The molecule has 0 saturated carbocycles. The molecule has 32 heavy (non-hydrogen) atoms. The summed E-state index contributed by atoms with van der Waals surface area (Å²) in [6, 6.07) is 20.9. The van der Waals surface area contributed by atoms with Crippen LogP contribution in [0.3, 0.4) is 0 Å². The number of amides is 1. The summed E-state index contributed by atoms with van der Waals surface area (Å²) in [5, 5.41) is 18.1. The Labute approximate surface area is 183 Å². The molecule has 0 aliphatic carbocycles. The smallest absolute Gasteiger partial charge is 0.255 e. The largest absolute Gasteiger partial charge is 0.323 e. The first-order valence-electron chi connectivity index (χ1n) is 10.1. The van der Waals surface area contributed by atoms with Crippen LogP contribution < -0.4 is 10.6 Å². The van der Waals surface area contributed by atoms with E-state index in [4.69, 9.17) is 0 Å².